The lowest BCUT2D eigenvalue weighted by Crippen LogP contribution is -2.30. The number of aromatic amines is 1. The van der Waals surface area contributed by atoms with E-state index in [1.165, 1.54) is 5.56 Å². The first-order valence-corrected chi connectivity index (χ1v) is 7.11. The second-order valence-electron chi connectivity index (χ2n) is 5.35. The largest absolute Gasteiger partial charge is 0.345 e. The van der Waals surface area contributed by atoms with E-state index in [-0.39, 0.29) is 5.91 Å². The highest BCUT2D eigenvalue weighted by Crippen LogP contribution is 2.28. The summed E-state index contributed by atoms with van der Waals surface area (Å²) >= 11 is 0. The molecule has 1 aliphatic rings. The van der Waals surface area contributed by atoms with Gasteiger partial charge in [0.15, 0.2) is 0 Å². The number of anilines is 1. The van der Waals surface area contributed by atoms with Crippen molar-refractivity contribution in [1.29, 1.82) is 0 Å². The molecule has 3 aromatic rings. The van der Waals surface area contributed by atoms with Crippen LogP contribution in [0.5, 0.6) is 0 Å². The molecule has 4 heteroatoms. The fraction of sp³-hybridized carbons (Fsp3) is 0.176. The van der Waals surface area contributed by atoms with Crippen LogP contribution in [0.3, 0.4) is 0 Å². The zero-order valence-electron chi connectivity index (χ0n) is 11.5. The number of aromatic nitrogens is 2. The van der Waals surface area contributed by atoms with E-state index in [4.69, 9.17) is 0 Å². The molecule has 1 aliphatic heterocycles. The number of nitrogens with one attached hydrogen (secondary N) is 1. The Hall–Kier alpha value is -2.62. The van der Waals surface area contributed by atoms with Crippen molar-refractivity contribution < 1.29 is 4.79 Å². The maximum absolute atomic E-state index is 12.6. The Balaban J connectivity index is 1.58. The van der Waals surface area contributed by atoms with Crippen LogP contribution < -0.4 is 4.90 Å². The Morgan fingerprint density at radius 2 is 2.14 bits per heavy atom. The highest BCUT2D eigenvalue weighted by Gasteiger charge is 2.23. The third-order valence-corrected chi connectivity index (χ3v) is 4.03. The maximum atomic E-state index is 12.6. The van der Waals surface area contributed by atoms with Gasteiger partial charge in [0, 0.05) is 12.2 Å². The van der Waals surface area contributed by atoms with Gasteiger partial charge in [-0.05, 0) is 35.7 Å². The van der Waals surface area contributed by atoms with Crippen molar-refractivity contribution in [3.8, 4) is 0 Å². The predicted octanol–water partition coefficient (Wildman–Crippen LogP) is 2.69. The Labute approximate surface area is 122 Å². The van der Waals surface area contributed by atoms with E-state index in [1.54, 1.807) is 6.33 Å². The molecular weight excluding hydrogens is 262 g/mol. The zero-order chi connectivity index (χ0) is 14.2. The minimum Gasteiger partial charge on any atom is -0.345 e. The van der Waals surface area contributed by atoms with Crippen LogP contribution in [0.4, 0.5) is 5.69 Å². The van der Waals surface area contributed by atoms with E-state index in [2.05, 4.69) is 16.0 Å². The van der Waals surface area contributed by atoms with Gasteiger partial charge in [0.2, 0.25) is 5.91 Å². The summed E-state index contributed by atoms with van der Waals surface area (Å²) in [7, 11) is 0. The van der Waals surface area contributed by atoms with Gasteiger partial charge >= 0.3 is 0 Å². The van der Waals surface area contributed by atoms with E-state index in [9.17, 15) is 4.79 Å². The average Bonchev–Trinajstić information content (AvgIpc) is 3.13. The first-order chi connectivity index (χ1) is 10.3. The summed E-state index contributed by atoms with van der Waals surface area (Å²) in [6, 6.07) is 14.1. The van der Waals surface area contributed by atoms with Crippen LogP contribution in [0, 0.1) is 0 Å². The van der Waals surface area contributed by atoms with Gasteiger partial charge in [-0.2, -0.15) is 0 Å². The van der Waals surface area contributed by atoms with Crippen LogP contribution in [0.25, 0.3) is 11.0 Å². The number of rotatable bonds is 2. The first-order valence-electron chi connectivity index (χ1n) is 7.11. The quantitative estimate of drug-likeness (QED) is 0.783. The Kier molecular flexibility index (Phi) is 2.74. The van der Waals surface area contributed by atoms with Crippen molar-refractivity contribution in [2.24, 2.45) is 0 Å². The minimum absolute atomic E-state index is 0.152. The zero-order valence-corrected chi connectivity index (χ0v) is 11.5. The van der Waals surface area contributed by atoms with Crippen molar-refractivity contribution >= 4 is 22.6 Å². The Morgan fingerprint density at radius 3 is 3.10 bits per heavy atom. The van der Waals surface area contributed by atoms with Crippen molar-refractivity contribution in [2.45, 2.75) is 12.8 Å². The van der Waals surface area contributed by atoms with Crippen LogP contribution >= 0.6 is 0 Å². The number of imidazole rings is 1. The molecule has 0 atom stereocenters. The van der Waals surface area contributed by atoms with E-state index < -0.39 is 0 Å². The van der Waals surface area contributed by atoms with E-state index in [0.29, 0.717) is 6.42 Å². The van der Waals surface area contributed by atoms with Gasteiger partial charge in [-0.3, -0.25) is 4.79 Å². The highest BCUT2D eigenvalue weighted by molar-refractivity contribution is 5.97. The van der Waals surface area contributed by atoms with Gasteiger partial charge < -0.3 is 9.88 Å². The van der Waals surface area contributed by atoms with Crippen molar-refractivity contribution in [3.63, 3.8) is 0 Å². The molecule has 1 aromatic heterocycles. The van der Waals surface area contributed by atoms with Gasteiger partial charge in [0.1, 0.15) is 0 Å². The molecule has 2 aromatic carbocycles. The molecule has 0 fully saturated rings. The number of carbonyl (C=O) groups is 1. The number of H-pyrrole nitrogens is 1. The SMILES string of the molecule is O=C(Cc1ccc2nc[nH]c2c1)N1CCc2ccccc21. The summed E-state index contributed by atoms with van der Waals surface area (Å²) in [5.74, 6) is 0.152. The number of nitrogens with zero attached hydrogens (tertiary/aromatic N) is 2. The van der Waals surface area contributed by atoms with Crippen LogP contribution in [-0.2, 0) is 17.6 Å². The topological polar surface area (TPSA) is 49.0 Å². The van der Waals surface area contributed by atoms with E-state index in [0.717, 1.165) is 35.2 Å². The van der Waals surface area contributed by atoms with Crippen molar-refractivity contribution in [3.05, 3.63) is 59.9 Å². The summed E-state index contributed by atoms with van der Waals surface area (Å²) < 4.78 is 0. The monoisotopic (exact) mass is 277 g/mol. The van der Waals surface area contributed by atoms with Crippen LogP contribution in [-0.4, -0.2) is 22.4 Å². The molecule has 4 rings (SSSR count). The molecule has 21 heavy (non-hydrogen) atoms. The fourth-order valence-corrected chi connectivity index (χ4v) is 2.96. The van der Waals surface area contributed by atoms with Crippen LogP contribution in [0.2, 0.25) is 0 Å². The summed E-state index contributed by atoms with van der Waals surface area (Å²) in [5, 5.41) is 0. The normalized spacial score (nSPS) is 13.6. The summed E-state index contributed by atoms with van der Waals surface area (Å²) in [6.07, 6.45) is 3.04. The van der Waals surface area contributed by atoms with Crippen molar-refractivity contribution in [1.82, 2.24) is 9.97 Å². The number of para-hydroxylation sites is 1. The summed E-state index contributed by atoms with van der Waals surface area (Å²) in [4.78, 5) is 21.7. The number of hydrogen-bond acceptors (Lipinski definition) is 2. The molecule has 1 N–H and O–H groups in total. The molecule has 0 spiro atoms. The van der Waals surface area contributed by atoms with Crippen LogP contribution in [0.1, 0.15) is 11.1 Å². The second kappa shape index (κ2) is 4.74. The highest BCUT2D eigenvalue weighted by atomic mass is 16.2. The summed E-state index contributed by atoms with van der Waals surface area (Å²) in [5.41, 5.74) is 5.24. The predicted molar refractivity (Wildman–Crippen MR) is 82.3 cm³/mol. The third-order valence-electron chi connectivity index (χ3n) is 4.03. The second-order valence-corrected chi connectivity index (χ2v) is 5.35. The third kappa shape index (κ3) is 2.09. The fourth-order valence-electron chi connectivity index (χ4n) is 2.96. The number of fused-ring (bicyclic) bond motifs is 2. The first kappa shape index (κ1) is 12.1. The van der Waals surface area contributed by atoms with E-state index >= 15 is 0 Å². The van der Waals surface area contributed by atoms with Gasteiger partial charge in [0.25, 0.3) is 0 Å². The number of hydrogen-bond donors (Lipinski definition) is 1. The van der Waals surface area contributed by atoms with E-state index in [1.807, 2.05) is 41.3 Å². The summed E-state index contributed by atoms with van der Waals surface area (Å²) in [6.45, 7) is 0.782. The minimum atomic E-state index is 0.152. The molecule has 0 unspecified atom stereocenters. The molecule has 0 aliphatic carbocycles. The molecule has 0 bridgehead atoms. The van der Waals surface area contributed by atoms with Gasteiger partial charge in [-0.1, -0.05) is 24.3 Å². The number of benzene rings is 2. The molecule has 2 heterocycles. The lowest BCUT2D eigenvalue weighted by molar-refractivity contribution is -0.117. The van der Waals surface area contributed by atoms with Gasteiger partial charge in [-0.25, -0.2) is 4.98 Å². The molecule has 4 nitrogen and oxygen atoms in total. The molecule has 1 amide bonds. The maximum Gasteiger partial charge on any atom is 0.231 e. The standard InChI is InChI=1S/C17H15N3O/c21-17(20-8-7-13-3-1-2-4-16(13)20)10-12-5-6-14-15(9-12)19-11-18-14/h1-6,9,11H,7-8,10H2,(H,18,19). The van der Waals surface area contributed by atoms with Crippen LogP contribution in [0.15, 0.2) is 48.8 Å². The lowest BCUT2D eigenvalue weighted by Gasteiger charge is -2.17. The molecule has 0 saturated heterocycles. The number of carbonyl (C=O) groups excluding carboxylic acids is 1. The molecular formula is C17H15N3O. The Morgan fingerprint density at radius 1 is 1.24 bits per heavy atom. The van der Waals surface area contributed by atoms with Crippen molar-refractivity contribution in [2.75, 3.05) is 11.4 Å². The van der Waals surface area contributed by atoms with Gasteiger partial charge in [-0.15, -0.1) is 0 Å². The number of amides is 1. The smallest absolute Gasteiger partial charge is 0.231 e. The molecule has 104 valence electrons. The molecule has 0 saturated carbocycles. The average molecular weight is 277 g/mol. The Bertz CT molecular complexity index is 822. The molecule has 0 radical (unpaired) electrons. The lowest BCUT2D eigenvalue weighted by atomic mass is 10.1. The van der Waals surface area contributed by atoms with Gasteiger partial charge in [0.05, 0.1) is 23.8 Å².